The maximum absolute atomic E-state index is 12.4. The van der Waals surface area contributed by atoms with E-state index < -0.39 is 28.1 Å². The minimum atomic E-state index is -0.904. The third-order valence-electron chi connectivity index (χ3n) is 3.70. The number of hydrogen-bond donors (Lipinski definition) is 1. The van der Waals surface area contributed by atoms with E-state index in [1.54, 1.807) is 31.2 Å². The molecule has 0 bridgehead atoms. The van der Waals surface area contributed by atoms with Crippen molar-refractivity contribution < 1.29 is 14.5 Å². The molecular formula is C17H19N3O5. The summed E-state index contributed by atoms with van der Waals surface area (Å²) in [6, 6.07) is 8.48. The number of nitro groups is 1. The number of amides is 1. The van der Waals surface area contributed by atoms with Crippen molar-refractivity contribution in [3.8, 4) is 5.75 Å². The number of aryl methyl sites for hydroxylation is 1. The van der Waals surface area contributed by atoms with Crippen LogP contribution in [0.5, 0.6) is 5.75 Å². The molecule has 0 radical (unpaired) electrons. The van der Waals surface area contributed by atoms with Gasteiger partial charge in [-0.3, -0.25) is 24.3 Å². The van der Waals surface area contributed by atoms with Crippen molar-refractivity contribution in [1.82, 2.24) is 4.57 Å². The fourth-order valence-electron chi connectivity index (χ4n) is 2.42. The second-order valence-corrected chi connectivity index (χ2v) is 5.41. The number of carbonyl (C=O) groups is 1. The van der Waals surface area contributed by atoms with E-state index in [1.807, 2.05) is 6.92 Å². The minimum absolute atomic E-state index is 0.449. The first-order chi connectivity index (χ1) is 11.8. The Labute approximate surface area is 144 Å². The van der Waals surface area contributed by atoms with Crippen molar-refractivity contribution in [2.24, 2.45) is 0 Å². The smallest absolute Gasteiger partial charge is 0.334 e. The van der Waals surface area contributed by atoms with Gasteiger partial charge in [0, 0.05) is 17.4 Å². The molecule has 8 heteroatoms. The molecule has 8 nitrogen and oxygen atoms in total. The van der Waals surface area contributed by atoms with Crippen molar-refractivity contribution in [2.75, 3.05) is 11.9 Å². The molecule has 132 valence electrons. The van der Waals surface area contributed by atoms with Gasteiger partial charge in [-0.25, -0.2) is 0 Å². The van der Waals surface area contributed by atoms with E-state index in [2.05, 4.69) is 5.32 Å². The van der Waals surface area contributed by atoms with Crippen LogP contribution in [0.3, 0.4) is 0 Å². The van der Waals surface area contributed by atoms with E-state index in [4.69, 9.17) is 4.74 Å². The second-order valence-electron chi connectivity index (χ2n) is 5.41. The standard InChI is InChI=1S/C17H19N3O5/c1-4-25-14-8-6-13(7-9-14)18-16(21)12(3)19-11(2)5-10-15(17(19)22)20(23)24/h5-10,12H,4H2,1-3H3,(H,18,21). The highest BCUT2D eigenvalue weighted by Crippen LogP contribution is 2.18. The van der Waals surface area contributed by atoms with Crippen LogP contribution in [0, 0.1) is 17.0 Å². The summed E-state index contributed by atoms with van der Waals surface area (Å²) in [4.78, 5) is 34.9. The Morgan fingerprint density at radius 1 is 1.28 bits per heavy atom. The van der Waals surface area contributed by atoms with Crippen molar-refractivity contribution >= 4 is 17.3 Å². The van der Waals surface area contributed by atoms with Crippen molar-refractivity contribution in [3.05, 3.63) is 62.6 Å². The molecule has 0 saturated heterocycles. The molecule has 1 heterocycles. The van der Waals surface area contributed by atoms with Crippen molar-refractivity contribution in [2.45, 2.75) is 26.8 Å². The summed E-state index contributed by atoms with van der Waals surface area (Å²) in [6.07, 6.45) is 0. The van der Waals surface area contributed by atoms with Gasteiger partial charge in [-0.2, -0.15) is 0 Å². The van der Waals surface area contributed by atoms with Crippen LogP contribution in [0.4, 0.5) is 11.4 Å². The monoisotopic (exact) mass is 345 g/mol. The first-order valence-corrected chi connectivity index (χ1v) is 7.75. The van der Waals surface area contributed by atoms with E-state index in [1.165, 1.54) is 13.0 Å². The molecule has 0 aliphatic carbocycles. The number of hydrogen-bond acceptors (Lipinski definition) is 5. The highest BCUT2D eigenvalue weighted by molar-refractivity contribution is 5.93. The number of nitrogens with zero attached hydrogens (tertiary/aromatic N) is 2. The van der Waals surface area contributed by atoms with E-state index in [9.17, 15) is 19.7 Å². The number of carbonyl (C=O) groups excluding carboxylic acids is 1. The highest BCUT2D eigenvalue weighted by atomic mass is 16.6. The number of aromatic nitrogens is 1. The lowest BCUT2D eigenvalue weighted by atomic mass is 10.2. The minimum Gasteiger partial charge on any atom is -0.494 e. The highest BCUT2D eigenvalue weighted by Gasteiger charge is 2.23. The number of benzene rings is 1. The van der Waals surface area contributed by atoms with Gasteiger partial charge >= 0.3 is 11.2 Å². The predicted molar refractivity (Wildman–Crippen MR) is 93.0 cm³/mol. The van der Waals surface area contributed by atoms with E-state index in [-0.39, 0.29) is 0 Å². The van der Waals surface area contributed by atoms with E-state index in [0.29, 0.717) is 23.7 Å². The van der Waals surface area contributed by atoms with Crippen molar-refractivity contribution in [3.63, 3.8) is 0 Å². The van der Waals surface area contributed by atoms with Crippen LogP contribution in [-0.2, 0) is 4.79 Å². The molecule has 25 heavy (non-hydrogen) atoms. The lowest BCUT2D eigenvalue weighted by Crippen LogP contribution is -2.33. The van der Waals surface area contributed by atoms with Crippen LogP contribution in [-0.4, -0.2) is 22.0 Å². The van der Waals surface area contributed by atoms with Gasteiger partial charge < -0.3 is 10.1 Å². The molecule has 1 aromatic heterocycles. The first-order valence-electron chi connectivity index (χ1n) is 7.75. The molecule has 0 spiro atoms. The maximum atomic E-state index is 12.4. The van der Waals surface area contributed by atoms with Crippen LogP contribution in [0.1, 0.15) is 25.6 Å². The third-order valence-corrected chi connectivity index (χ3v) is 3.70. The second kappa shape index (κ2) is 7.61. The molecule has 0 aliphatic heterocycles. The Morgan fingerprint density at radius 3 is 2.48 bits per heavy atom. The molecule has 1 unspecified atom stereocenters. The molecule has 0 saturated carbocycles. The molecule has 0 fully saturated rings. The quantitative estimate of drug-likeness (QED) is 0.640. The predicted octanol–water partition coefficient (Wildman–Crippen LogP) is 2.66. The van der Waals surface area contributed by atoms with Gasteiger partial charge in [0.25, 0.3) is 0 Å². The van der Waals surface area contributed by atoms with Gasteiger partial charge in [-0.1, -0.05) is 0 Å². The molecule has 1 N–H and O–H groups in total. The SMILES string of the molecule is CCOc1ccc(NC(=O)C(C)n2c(C)ccc([N+](=O)[O-])c2=O)cc1. The van der Waals surface area contributed by atoms with Crippen LogP contribution < -0.4 is 15.6 Å². The zero-order valence-electron chi connectivity index (χ0n) is 14.2. The zero-order valence-corrected chi connectivity index (χ0v) is 14.2. The first kappa shape index (κ1) is 18.2. The average Bonchev–Trinajstić information content (AvgIpc) is 2.56. The Hall–Kier alpha value is -3.16. The summed E-state index contributed by atoms with van der Waals surface area (Å²) >= 11 is 0. The third kappa shape index (κ3) is 4.03. The van der Waals surface area contributed by atoms with Gasteiger partial charge in [-0.05, 0) is 51.1 Å². The van der Waals surface area contributed by atoms with Crippen LogP contribution in [0.15, 0.2) is 41.2 Å². The van der Waals surface area contributed by atoms with Crippen LogP contribution in [0.2, 0.25) is 0 Å². The fourth-order valence-corrected chi connectivity index (χ4v) is 2.42. The number of rotatable bonds is 6. The maximum Gasteiger partial charge on any atom is 0.334 e. The lowest BCUT2D eigenvalue weighted by molar-refractivity contribution is -0.386. The Bertz CT molecular complexity index is 842. The molecule has 1 aromatic carbocycles. The molecule has 0 aliphatic rings. The molecule has 1 amide bonds. The fraction of sp³-hybridized carbons (Fsp3) is 0.294. The summed E-state index contributed by atoms with van der Waals surface area (Å²) < 4.78 is 6.44. The largest absolute Gasteiger partial charge is 0.494 e. The Morgan fingerprint density at radius 2 is 1.92 bits per heavy atom. The van der Waals surface area contributed by atoms with E-state index >= 15 is 0 Å². The summed E-state index contributed by atoms with van der Waals surface area (Å²) in [5, 5.41) is 13.6. The van der Waals surface area contributed by atoms with Crippen LogP contribution in [0.25, 0.3) is 0 Å². The summed E-state index contributed by atoms with van der Waals surface area (Å²) in [7, 11) is 0. The normalized spacial score (nSPS) is 11.6. The molecule has 2 rings (SSSR count). The van der Waals surface area contributed by atoms with Gasteiger partial charge in [-0.15, -0.1) is 0 Å². The summed E-state index contributed by atoms with van der Waals surface area (Å²) in [5.41, 5.74) is -0.368. The van der Waals surface area contributed by atoms with Crippen LogP contribution >= 0.6 is 0 Å². The van der Waals surface area contributed by atoms with E-state index in [0.717, 1.165) is 10.6 Å². The topological polar surface area (TPSA) is 103 Å². The average molecular weight is 345 g/mol. The molecule has 1 atom stereocenters. The molecule has 2 aromatic rings. The number of nitrogens with one attached hydrogen (secondary N) is 1. The molecular weight excluding hydrogens is 326 g/mol. The van der Waals surface area contributed by atoms with Gasteiger partial charge in [0.15, 0.2) is 0 Å². The number of pyridine rings is 1. The summed E-state index contributed by atoms with van der Waals surface area (Å²) in [6.45, 7) is 5.54. The Balaban J connectivity index is 2.24. The number of anilines is 1. The van der Waals surface area contributed by atoms with Crippen molar-refractivity contribution in [1.29, 1.82) is 0 Å². The van der Waals surface area contributed by atoms with Gasteiger partial charge in [0.05, 0.1) is 11.5 Å². The zero-order chi connectivity index (χ0) is 18.6. The van der Waals surface area contributed by atoms with Gasteiger partial charge in [0.2, 0.25) is 5.91 Å². The Kier molecular flexibility index (Phi) is 5.53. The summed E-state index contributed by atoms with van der Waals surface area (Å²) in [5.74, 6) is 0.231. The van der Waals surface area contributed by atoms with Gasteiger partial charge in [0.1, 0.15) is 11.8 Å². The lowest BCUT2D eigenvalue weighted by Gasteiger charge is -2.17. The number of ether oxygens (including phenoxy) is 1.